The molecular formula is C18H17N3O3. The predicted molar refractivity (Wildman–Crippen MR) is 90.0 cm³/mol. The predicted octanol–water partition coefficient (Wildman–Crippen LogP) is 3.70. The van der Waals surface area contributed by atoms with Crippen LogP contribution in [0.1, 0.15) is 22.8 Å². The fourth-order valence-corrected chi connectivity index (χ4v) is 2.21. The van der Waals surface area contributed by atoms with Crippen molar-refractivity contribution in [2.75, 3.05) is 11.9 Å². The fraction of sp³-hybridized carbons (Fsp3) is 0.167. The molecule has 0 aliphatic heterocycles. The summed E-state index contributed by atoms with van der Waals surface area (Å²) in [7, 11) is 0. The first kappa shape index (κ1) is 15.7. The second-order valence-electron chi connectivity index (χ2n) is 5.19. The third-order valence-electron chi connectivity index (χ3n) is 3.34. The maximum absolute atomic E-state index is 12.2. The molecule has 1 N–H and O–H groups in total. The van der Waals surface area contributed by atoms with Gasteiger partial charge in [-0.05, 0) is 50.2 Å². The van der Waals surface area contributed by atoms with Crippen LogP contribution in [0.15, 0.2) is 52.9 Å². The minimum atomic E-state index is -0.322. The maximum Gasteiger partial charge on any atom is 0.322 e. The summed E-state index contributed by atoms with van der Waals surface area (Å²) in [6, 6.07) is 14.6. The minimum absolute atomic E-state index is 0.0605. The second-order valence-corrected chi connectivity index (χ2v) is 5.19. The lowest BCUT2D eigenvalue weighted by Gasteiger charge is -2.04. The van der Waals surface area contributed by atoms with E-state index < -0.39 is 0 Å². The van der Waals surface area contributed by atoms with Gasteiger partial charge in [-0.3, -0.25) is 10.1 Å². The molecule has 0 spiro atoms. The minimum Gasteiger partial charge on any atom is -0.494 e. The topological polar surface area (TPSA) is 77.2 Å². The summed E-state index contributed by atoms with van der Waals surface area (Å²) in [5.41, 5.74) is 2.38. The number of hydrogen-bond acceptors (Lipinski definition) is 5. The van der Waals surface area contributed by atoms with Crippen molar-refractivity contribution in [3.05, 3.63) is 59.7 Å². The quantitative estimate of drug-likeness (QED) is 0.774. The molecule has 0 atom stereocenters. The molecular weight excluding hydrogens is 306 g/mol. The fourth-order valence-electron chi connectivity index (χ4n) is 2.21. The molecule has 0 unspecified atom stereocenters. The lowest BCUT2D eigenvalue weighted by molar-refractivity contribution is 0.102. The molecule has 0 saturated carbocycles. The summed E-state index contributed by atoms with van der Waals surface area (Å²) in [5.74, 6) is 0.756. The number of benzene rings is 2. The van der Waals surface area contributed by atoms with Gasteiger partial charge in [0.15, 0.2) is 0 Å². The van der Waals surface area contributed by atoms with Gasteiger partial charge in [0.2, 0.25) is 5.89 Å². The zero-order valence-electron chi connectivity index (χ0n) is 13.4. The number of hydrogen-bond donors (Lipinski definition) is 1. The van der Waals surface area contributed by atoms with Crippen molar-refractivity contribution in [3.63, 3.8) is 0 Å². The van der Waals surface area contributed by atoms with Crippen LogP contribution in [-0.4, -0.2) is 22.7 Å². The van der Waals surface area contributed by atoms with E-state index in [1.807, 2.05) is 38.1 Å². The zero-order chi connectivity index (χ0) is 16.9. The standard InChI is InChI=1S/C18H17N3O3/c1-3-23-15-9-7-13(8-10-15)16(22)19-18-21-20-17(24-18)14-6-4-5-12(2)11-14/h4-11H,3H2,1-2H3,(H,19,21,22). The molecule has 0 saturated heterocycles. The Bertz CT molecular complexity index is 841. The Balaban J connectivity index is 1.71. The highest BCUT2D eigenvalue weighted by molar-refractivity contribution is 6.03. The zero-order valence-corrected chi connectivity index (χ0v) is 13.4. The van der Waals surface area contributed by atoms with Gasteiger partial charge in [0, 0.05) is 11.1 Å². The first-order chi connectivity index (χ1) is 11.7. The maximum atomic E-state index is 12.2. The Kier molecular flexibility index (Phi) is 4.56. The number of nitrogens with one attached hydrogen (secondary N) is 1. The summed E-state index contributed by atoms with van der Waals surface area (Å²) in [4.78, 5) is 12.2. The van der Waals surface area contributed by atoms with Crippen LogP contribution in [0.5, 0.6) is 5.75 Å². The van der Waals surface area contributed by atoms with Crippen molar-refractivity contribution in [3.8, 4) is 17.2 Å². The van der Waals surface area contributed by atoms with E-state index in [4.69, 9.17) is 9.15 Å². The van der Waals surface area contributed by atoms with Crippen LogP contribution in [0, 0.1) is 6.92 Å². The van der Waals surface area contributed by atoms with Gasteiger partial charge in [-0.1, -0.05) is 22.8 Å². The van der Waals surface area contributed by atoms with Crippen LogP contribution < -0.4 is 10.1 Å². The molecule has 24 heavy (non-hydrogen) atoms. The van der Waals surface area contributed by atoms with E-state index in [9.17, 15) is 4.79 Å². The first-order valence-corrected chi connectivity index (χ1v) is 7.60. The SMILES string of the molecule is CCOc1ccc(C(=O)Nc2nnc(-c3cccc(C)c3)o2)cc1. The molecule has 0 aliphatic rings. The molecule has 122 valence electrons. The van der Waals surface area contributed by atoms with Gasteiger partial charge in [-0.2, -0.15) is 0 Å². The van der Waals surface area contributed by atoms with E-state index in [0.717, 1.165) is 11.1 Å². The van der Waals surface area contributed by atoms with E-state index in [1.54, 1.807) is 24.3 Å². The van der Waals surface area contributed by atoms with Gasteiger partial charge in [0.1, 0.15) is 5.75 Å². The molecule has 6 nitrogen and oxygen atoms in total. The van der Waals surface area contributed by atoms with E-state index in [1.165, 1.54) is 0 Å². The summed E-state index contributed by atoms with van der Waals surface area (Å²) >= 11 is 0. The Labute approximate surface area is 139 Å². The lowest BCUT2D eigenvalue weighted by atomic mass is 10.1. The normalized spacial score (nSPS) is 10.4. The Morgan fingerprint density at radius 3 is 2.67 bits per heavy atom. The van der Waals surface area contributed by atoms with Gasteiger partial charge < -0.3 is 9.15 Å². The van der Waals surface area contributed by atoms with Gasteiger partial charge >= 0.3 is 6.01 Å². The Morgan fingerprint density at radius 1 is 1.17 bits per heavy atom. The largest absolute Gasteiger partial charge is 0.494 e. The number of aromatic nitrogens is 2. The number of amides is 1. The third-order valence-corrected chi connectivity index (χ3v) is 3.34. The molecule has 3 rings (SSSR count). The molecule has 0 radical (unpaired) electrons. The van der Waals surface area contributed by atoms with E-state index >= 15 is 0 Å². The smallest absolute Gasteiger partial charge is 0.322 e. The highest BCUT2D eigenvalue weighted by Crippen LogP contribution is 2.21. The molecule has 6 heteroatoms. The molecule has 0 aliphatic carbocycles. The van der Waals surface area contributed by atoms with Crippen LogP contribution in [0.4, 0.5) is 6.01 Å². The van der Waals surface area contributed by atoms with Crippen LogP contribution in [-0.2, 0) is 0 Å². The summed E-state index contributed by atoms with van der Waals surface area (Å²) in [5, 5.41) is 10.4. The highest BCUT2D eigenvalue weighted by Gasteiger charge is 2.13. The molecule has 3 aromatic rings. The molecule has 0 bridgehead atoms. The van der Waals surface area contributed by atoms with Crippen LogP contribution in [0.3, 0.4) is 0 Å². The summed E-state index contributed by atoms with van der Waals surface area (Å²) in [6.07, 6.45) is 0. The third kappa shape index (κ3) is 3.60. The number of nitrogens with zero attached hydrogens (tertiary/aromatic N) is 2. The van der Waals surface area contributed by atoms with E-state index in [2.05, 4.69) is 15.5 Å². The molecule has 1 amide bonds. The number of carbonyl (C=O) groups is 1. The van der Waals surface area contributed by atoms with Crippen LogP contribution in [0.2, 0.25) is 0 Å². The number of aryl methyl sites for hydroxylation is 1. The monoisotopic (exact) mass is 323 g/mol. The Morgan fingerprint density at radius 2 is 1.96 bits per heavy atom. The van der Waals surface area contributed by atoms with Gasteiger partial charge in [0.05, 0.1) is 6.61 Å². The molecule has 1 heterocycles. The van der Waals surface area contributed by atoms with Crippen molar-refractivity contribution in [2.24, 2.45) is 0 Å². The number of carbonyl (C=O) groups excluding carboxylic acids is 1. The average Bonchev–Trinajstić information content (AvgIpc) is 3.04. The van der Waals surface area contributed by atoms with Crippen molar-refractivity contribution < 1.29 is 13.9 Å². The van der Waals surface area contributed by atoms with Crippen molar-refractivity contribution >= 4 is 11.9 Å². The van der Waals surface area contributed by atoms with Crippen molar-refractivity contribution in [2.45, 2.75) is 13.8 Å². The number of ether oxygens (including phenoxy) is 1. The average molecular weight is 323 g/mol. The van der Waals surface area contributed by atoms with Crippen LogP contribution >= 0.6 is 0 Å². The number of rotatable bonds is 5. The van der Waals surface area contributed by atoms with Gasteiger partial charge in [-0.25, -0.2) is 0 Å². The van der Waals surface area contributed by atoms with Crippen molar-refractivity contribution in [1.29, 1.82) is 0 Å². The van der Waals surface area contributed by atoms with Crippen LogP contribution in [0.25, 0.3) is 11.5 Å². The molecule has 0 fully saturated rings. The highest BCUT2D eigenvalue weighted by atomic mass is 16.5. The van der Waals surface area contributed by atoms with Crippen molar-refractivity contribution in [1.82, 2.24) is 10.2 Å². The van der Waals surface area contributed by atoms with Gasteiger partial charge in [0.25, 0.3) is 5.91 Å². The van der Waals surface area contributed by atoms with E-state index in [0.29, 0.717) is 23.8 Å². The summed E-state index contributed by atoms with van der Waals surface area (Å²) < 4.78 is 10.8. The number of anilines is 1. The molecule has 2 aromatic carbocycles. The Hall–Kier alpha value is -3.15. The first-order valence-electron chi connectivity index (χ1n) is 7.60. The van der Waals surface area contributed by atoms with E-state index in [-0.39, 0.29) is 11.9 Å². The lowest BCUT2D eigenvalue weighted by Crippen LogP contribution is -2.12. The summed E-state index contributed by atoms with van der Waals surface area (Å²) in [6.45, 7) is 4.46. The second kappa shape index (κ2) is 6.95. The molecule has 1 aromatic heterocycles. The van der Waals surface area contributed by atoms with Gasteiger partial charge in [-0.15, -0.1) is 5.10 Å².